The zero-order chi connectivity index (χ0) is 18.4. The monoisotopic (exact) mass is 343 g/mol. The summed E-state index contributed by atoms with van der Waals surface area (Å²) in [6, 6.07) is 12.4. The molecule has 2 aromatic carbocycles. The zero-order valence-corrected chi connectivity index (χ0v) is 14.4. The van der Waals surface area contributed by atoms with Gasteiger partial charge in [0, 0.05) is 5.69 Å². The molecule has 1 atom stereocenters. The maximum atomic E-state index is 12.3. The number of benzene rings is 2. The van der Waals surface area contributed by atoms with E-state index in [1.54, 1.807) is 32.0 Å². The standard InChI is InChI=1S/C19H21NO5/c1-12-4-6-15(7-5-12)25-14(3)19(23)20-17-9-8-16(10-13(17)2)24-11-18(21)22/h4-10,14H,11H2,1-3H3,(H,20,23)(H,21,22). The molecule has 132 valence electrons. The van der Waals surface area contributed by atoms with Gasteiger partial charge < -0.3 is 19.9 Å². The maximum absolute atomic E-state index is 12.3. The fraction of sp³-hybridized carbons (Fsp3) is 0.263. The quantitative estimate of drug-likeness (QED) is 0.806. The Kier molecular flexibility index (Phi) is 6.00. The van der Waals surface area contributed by atoms with Gasteiger partial charge in [0.25, 0.3) is 5.91 Å². The summed E-state index contributed by atoms with van der Waals surface area (Å²) in [6.07, 6.45) is -0.662. The minimum Gasteiger partial charge on any atom is -0.482 e. The third kappa shape index (κ3) is 5.53. The lowest BCUT2D eigenvalue weighted by Crippen LogP contribution is -2.30. The molecule has 6 nitrogen and oxygen atoms in total. The number of aryl methyl sites for hydroxylation is 2. The van der Waals surface area contributed by atoms with Crippen LogP contribution in [-0.4, -0.2) is 29.7 Å². The molecule has 0 radical (unpaired) electrons. The molecule has 1 unspecified atom stereocenters. The van der Waals surface area contributed by atoms with Crippen molar-refractivity contribution in [2.75, 3.05) is 11.9 Å². The summed E-state index contributed by atoms with van der Waals surface area (Å²) >= 11 is 0. The Morgan fingerprint density at radius 2 is 1.72 bits per heavy atom. The Balaban J connectivity index is 1.96. The van der Waals surface area contributed by atoms with Gasteiger partial charge in [0.1, 0.15) is 11.5 Å². The second-order valence-electron chi connectivity index (χ2n) is 5.72. The van der Waals surface area contributed by atoms with Crippen molar-refractivity contribution in [3.05, 3.63) is 53.6 Å². The number of aliphatic carboxylic acids is 1. The number of hydrogen-bond donors (Lipinski definition) is 2. The molecule has 2 aromatic rings. The van der Waals surface area contributed by atoms with E-state index in [0.717, 1.165) is 11.1 Å². The number of rotatable bonds is 7. The van der Waals surface area contributed by atoms with E-state index in [9.17, 15) is 9.59 Å². The van der Waals surface area contributed by atoms with Crippen molar-refractivity contribution < 1.29 is 24.2 Å². The maximum Gasteiger partial charge on any atom is 0.341 e. The molecule has 2 N–H and O–H groups in total. The molecule has 0 aliphatic heterocycles. The summed E-state index contributed by atoms with van der Waals surface area (Å²) in [5.74, 6) is -0.260. The summed E-state index contributed by atoms with van der Waals surface area (Å²) in [6.45, 7) is 5.04. The first-order valence-corrected chi connectivity index (χ1v) is 7.84. The predicted octanol–water partition coefficient (Wildman–Crippen LogP) is 3.17. The normalized spacial score (nSPS) is 11.5. The summed E-state index contributed by atoms with van der Waals surface area (Å²) in [5, 5.41) is 11.4. The topological polar surface area (TPSA) is 84.9 Å². The van der Waals surface area contributed by atoms with Crippen molar-refractivity contribution in [2.45, 2.75) is 26.9 Å². The van der Waals surface area contributed by atoms with Crippen LogP contribution in [0.1, 0.15) is 18.1 Å². The average molecular weight is 343 g/mol. The van der Waals surface area contributed by atoms with Crippen LogP contribution in [0.4, 0.5) is 5.69 Å². The average Bonchev–Trinajstić information content (AvgIpc) is 2.57. The smallest absolute Gasteiger partial charge is 0.341 e. The van der Waals surface area contributed by atoms with Crippen LogP contribution in [0.25, 0.3) is 0 Å². The highest BCUT2D eigenvalue weighted by Gasteiger charge is 2.16. The second kappa shape index (κ2) is 8.19. The lowest BCUT2D eigenvalue weighted by Gasteiger charge is -2.16. The molecule has 6 heteroatoms. The Morgan fingerprint density at radius 3 is 2.32 bits per heavy atom. The number of amides is 1. The highest BCUT2D eigenvalue weighted by molar-refractivity contribution is 5.94. The lowest BCUT2D eigenvalue weighted by atomic mass is 10.2. The van der Waals surface area contributed by atoms with E-state index >= 15 is 0 Å². The van der Waals surface area contributed by atoms with Crippen molar-refractivity contribution in [3.8, 4) is 11.5 Å². The lowest BCUT2D eigenvalue weighted by molar-refractivity contribution is -0.139. The van der Waals surface area contributed by atoms with Crippen LogP contribution in [0.5, 0.6) is 11.5 Å². The van der Waals surface area contributed by atoms with Gasteiger partial charge in [-0.15, -0.1) is 0 Å². The first kappa shape index (κ1) is 18.3. The molecule has 0 heterocycles. The van der Waals surface area contributed by atoms with Gasteiger partial charge in [-0.3, -0.25) is 4.79 Å². The van der Waals surface area contributed by atoms with Crippen molar-refractivity contribution >= 4 is 17.6 Å². The number of carbonyl (C=O) groups is 2. The van der Waals surface area contributed by atoms with E-state index in [-0.39, 0.29) is 5.91 Å². The largest absolute Gasteiger partial charge is 0.482 e. The van der Waals surface area contributed by atoms with E-state index < -0.39 is 18.7 Å². The Bertz CT molecular complexity index is 755. The first-order valence-electron chi connectivity index (χ1n) is 7.84. The number of hydrogen-bond acceptors (Lipinski definition) is 4. The van der Waals surface area contributed by atoms with Crippen molar-refractivity contribution in [1.82, 2.24) is 0 Å². The Labute approximate surface area is 146 Å². The molecule has 25 heavy (non-hydrogen) atoms. The summed E-state index contributed by atoms with van der Waals surface area (Å²) < 4.78 is 10.7. The van der Waals surface area contributed by atoms with Crippen LogP contribution in [0, 0.1) is 13.8 Å². The van der Waals surface area contributed by atoms with Gasteiger partial charge >= 0.3 is 5.97 Å². The van der Waals surface area contributed by atoms with E-state index in [4.69, 9.17) is 14.6 Å². The van der Waals surface area contributed by atoms with Gasteiger partial charge in [-0.05, 0) is 56.7 Å². The van der Waals surface area contributed by atoms with Crippen LogP contribution in [0.2, 0.25) is 0 Å². The van der Waals surface area contributed by atoms with Gasteiger partial charge in [0.05, 0.1) is 0 Å². The number of carbonyl (C=O) groups excluding carboxylic acids is 1. The highest BCUT2D eigenvalue weighted by atomic mass is 16.5. The van der Waals surface area contributed by atoms with Crippen LogP contribution in [-0.2, 0) is 9.59 Å². The molecule has 0 aromatic heterocycles. The molecule has 0 fully saturated rings. The second-order valence-corrected chi connectivity index (χ2v) is 5.72. The molecule has 0 spiro atoms. The molecule has 0 bridgehead atoms. The molecule has 0 saturated heterocycles. The molecule has 2 rings (SSSR count). The minimum absolute atomic E-state index is 0.275. The Morgan fingerprint density at radius 1 is 1.08 bits per heavy atom. The number of ether oxygens (including phenoxy) is 2. The van der Waals surface area contributed by atoms with Gasteiger partial charge in [-0.1, -0.05) is 17.7 Å². The zero-order valence-electron chi connectivity index (χ0n) is 14.4. The summed E-state index contributed by atoms with van der Waals surface area (Å²) in [4.78, 5) is 22.8. The Hall–Kier alpha value is -3.02. The molecular weight excluding hydrogens is 322 g/mol. The van der Waals surface area contributed by atoms with E-state index in [0.29, 0.717) is 17.2 Å². The number of carboxylic acid groups (broad SMARTS) is 1. The number of carboxylic acids is 1. The number of anilines is 1. The van der Waals surface area contributed by atoms with Gasteiger partial charge in [-0.2, -0.15) is 0 Å². The van der Waals surface area contributed by atoms with Crippen LogP contribution in [0.3, 0.4) is 0 Å². The molecular formula is C19H21NO5. The fourth-order valence-electron chi connectivity index (χ4n) is 2.12. The molecule has 1 amide bonds. The third-order valence-corrected chi connectivity index (χ3v) is 3.52. The van der Waals surface area contributed by atoms with Gasteiger partial charge in [0.2, 0.25) is 0 Å². The van der Waals surface area contributed by atoms with Crippen molar-refractivity contribution in [2.24, 2.45) is 0 Å². The predicted molar refractivity (Wildman–Crippen MR) is 94.2 cm³/mol. The van der Waals surface area contributed by atoms with E-state index in [1.165, 1.54) is 0 Å². The van der Waals surface area contributed by atoms with Crippen molar-refractivity contribution in [1.29, 1.82) is 0 Å². The van der Waals surface area contributed by atoms with Crippen LogP contribution >= 0.6 is 0 Å². The van der Waals surface area contributed by atoms with Crippen molar-refractivity contribution in [3.63, 3.8) is 0 Å². The highest BCUT2D eigenvalue weighted by Crippen LogP contribution is 2.22. The van der Waals surface area contributed by atoms with Crippen LogP contribution < -0.4 is 14.8 Å². The summed E-state index contributed by atoms with van der Waals surface area (Å²) in [5.41, 5.74) is 2.50. The third-order valence-electron chi connectivity index (χ3n) is 3.52. The SMILES string of the molecule is Cc1ccc(OC(C)C(=O)Nc2ccc(OCC(=O)O)cc2C)cc1. The molecule has 0 aliphatic carbocycles. The van der Waals surface area contributed by atoms with Crippen LogP contribution in [0.15, 0.2) is 42.5 Å². The number of nitrogens with one attached hydrogen (secondary N) is 1. The molecule has 0 saturated carbocycles. The van der Waals surface area contributed by atoms with E-state index in [1.807, 2.05) is 31.2 Å². The fourth-order valence-corrected chi connectivity index (χ4v) is 2.12. The minimum atomic E-state index is -1.04. The van der Waals surface area contributed by atoms with Gasteiger partial charge in [0.15, 0.2) is 12.7 Å². The first-order chi connectivity index (χ1) is 11.8. The van der Waals surface area contributed by atoms with Gasteiger partial charge in [-0.25, -0.2) is 4.79 Å². The summed E-state index contributed by atoms with van der Waals surface area (Å²) in [7, 11) is 0. The molecule has 0 aliphatic rings. The van der Waals surface area contributed by atoms with E-state index in [2.05, 4.69) is 5.32 Å².